The van der Waals surface area contributed by atoms with Crippen LogP contribution in [-0.4, -0.2) is 45.1 Å². The van der Waals surface area contributed by atoms with E-state index >= 15 is 0 Å². The van der Waals surface area contributed by atoms with Crippen molar-refractivity contribution in [2.45, 2.75) is 29.6 Å². The number of sulfonamides is 2. The highest BCUT2D eigenvalue weighted by molar-refractivity contribution is 7.89. The molecular formula is C20H22N4O5S3. The predicted octanol–water partition coefficient (Wildman–Crippen LogP) is 2.62. The summed E-state index contributed by atoms with van der Waals surface area (Å²) in [5.74, 6) is 0.0628. The molecule has 2 heterocycles. The van der Waals surface area contributed by atoms with Crippen LogP contribution < -0.4 is 10.5 Å². The van der Waals surface area contributed by atoms with Crippen LogP contribution >= 0.6 is 11.3 Å². The summed E-state index contributed by atoms with van der Waals surface area (Å²) in [5.41, 5.74) is 0.802. The molecule has 9 nitrogen and oxygen atoms in total. The molecule has 170 valence electrons. The Hall–Kier alpha value is -2.38. The topological polar surface area (TPSA) is 140 Å². The molecule has 1 aliphatic heterocycles. The maximum Gasteiger partial charge on any atom is 0.257 e. The van der Waals surface area contributed by atoms with Gasteiger partial charge in [-0.3, -0.25) is 10.1 Å². The minimum absolute atomic E-state index is 0.0357. The van der Waals surface area contributed by atoms with Gasteiger partial charge < -0.3 is 0 Å². The minimum Gasteiger partial charge on any atom is -0.298 e. The van der Waals surface area contributed by atoms with E-state index in [9.17, 15) is 21.6 Å². The van der Waals surface area contributed by atoms with Crippen LogP contribution in [-0.2, 0) is 20.0 Å². The highest BCUT2D eigenvalue weighted by Crippen LogP contribution is 2.28. The maximum absolute atomic E-state index is 12.8. The second-order valence-corrected chi connectivity index (χ2v) is 12.3. The number of thiazole rings is 1. The zero-order valence-electron chi connectivity index (χ0n) is 17.2. The number of anilines is 1. The predicted molar refractivity (Wildman–Crippen MR) is 123 cm³/mol. The number of piperidine rings is 1. The average Bonchev–Trinajstić information content (AvgIpc) is 3.15. The number of nitrogens with zero attached hydrogens (tertiary/aromatic N) is 2. The molecule has 12 heteroatoms. The standard InChI is InChI=1S/C20H22N4O5S3/c1-13-8-10-24(11-9-13)32(28,29)15-4-2-14(3-5-15)19(25)23-20-22-17-7-6-16(31(21,26)27)12-18(17)30-20/h2-7,12-13H,8-11H2,1H3,(H2,21,26,27)(H,22,23,25). The number of nitrogens with two attached hydrogens (primary N) is 1. The Balaban J connectivity index is 1.49. The summed E-state index contributed by atoms with van der Waals surface area (Å²) >= 11 is 1.11. The number of carbonyl (C=O) groups excluding carboxylic acids is 1. The molecule has 0 unspecified atom stereocenters. The minimum atomic E-state index is -3.84. The van der Waals surface area contributed by atoms with Crippen LogP contribution in [0.2, 0.25) is 0 Å². The van der Waals surface area contributed by atoms with E-state index in [4.69, 9.17) is 5.14 Å². The summed E-state index contributed by atoms with van der Waals surface area (Å²) in [4.78, 5) is 17.0. The van der Waals surface area contributed by atoms with Gasteiger partial charge in [0.1, 0.15) is 0 Å². The highest BCUT2D eigenvalue weighted by Gasteiger charge is 2.28. The van der Waals surface area contributed by atoms with Crippen LogP contribution in [0.4, 0.5) is 5.13 Å². The van der Waals surface area contributed by atoms with Crippen molar-refractivity contribution in [1.82, 2.24) is 9.29 Å². The van der Waals surface area contributed by atoms with Gasteiger partial charge in [0, 0.05) is 18.7 Å². The van der Waals surface area contributed by atoms with E-state index in [1.165, 1.54) is 46.8 Å². The number of rotatable bonds is 5. The van der Waals surface area contributed by atoms with Crippen LogP contribution in [0, 0.1) is 5.92 Å². The molecule has 0 atom stereocenters. The van der Waals surface area contributed by atoms with Crippen LogP contribution in [0.5, 0.6) is 0 Å². The smallest absolute Gasteiger partial charge is 0.257 e. The van der Waals surface area contributed by atoms with Gasteiger partial charge in [-0.25, -0.2) is 27.0 Å². The van der Waals surface area contributed by atoms with Crippen LogP contribution in [0.1, 0.15) is 30.1 Å². The number of benzene rings is 2. The van der Waals surface area contributed by atoms with Gasteiger partial charge in [0.25, 0.3) is 5.91 Å². The molecule has 1 aliphatic rings. The lowest BCUT2D eigenvalue weighted by Crippen LogP contribution is -2.37. The normalized spacial score (nSPS) is 16.3. The summed E-state index contributed by atoms with van der Waals surface area (Å²) in [5, 5.41) is 8.10. The summed E-state index contributed by atoms with van der Waals surface area (Å²) in [6, 6.07) is 10.0. The zero-order valence-corrected chi connectivity index (χ0v) is 19.6. The van der Waals surface area contributed by atoms with E-state index in [0.29, 0.717) is 29.2 Å². The fraction of sp³-hybridized carbons (Fsp3) is 0.300. The number of carbonyl (C=O) groups is 1. The molecule has 3 aromatic rings. The van der Waals surface area contributed by atoms with E-state index in [1.807, 2.05) is 0 Å². The Bertz CT molecular complexity index is 1370. The van der Waals surface area contributed by atoms with Gasteiger partial charge in [-0.1, -0.05) is 18.3 Å². The van der Waals surface area contributed by atoms with Gasteiger partial charge in [-0.15, -0.1) is 0 Å². The maximum atomic E-state index is 12.8. The van der Waals surface area contributed by atoms with Crippen LogP contribution in [0.3, 0.4) is 0 Å². The number of fused-ring (bicyclic) bond motifs is 1. The van der Waals surface area contributed by atoms with E-state index in [2.05, 4.69) is 17.2 Å². The fourth-order valence-corrected chi connectivity index (χ4v) is 6.44. The molecule has 2 aromatic carbocycles. The number of primary sulfonamides is 1. The molecule has 3 N–H and O–H groups in total. The van der Waals surface area contributed by atoms with Gasteiger partial charge in [0.2, 0.25) is 20.0 Å². The van der Waals surface area contributed by atoms with Crippen molar-refractivity contribution in [2.24, 2.45) is 11.1 Å². The van der Waals surface area contributed by atoms with Gasteiger partial charge >= 0.3 is 0 Å². The molecule has 0 bridgehead atoms. The van der Waals surface area contributed by atoms with Crippen molar-refractivity contribution in [1.29, 1.82) is 0 Å². The molecule has 0 spiro atoms. The van der Waals surface area contributed by atoms with Gasteiger partial charge in [-0.05, 0) is 61.2 Å². The monoisotopic (exact) mass is 494 g/mol. The van der Waals surface area contributed by atoms with Crippen molar-refractivity contribution in [3.63, 3.8) is 0 Å². The summed E-state index contributed by atoms with van der Waals surface area (Å²) < 4.78 is 50.7. The number of nitrogens with one attached hydrogen (secondary N) is 1. The van der Waals surface area contributed by atoms with E-state index in [-0.39, 0.29) is 20.5 Å². The molecule has 1 fully saturated rings. The average molecular weight is 495 g/mol. The lowest BCUT2D eigenvalue weighted by molar-refractivity contribution is 0.102. The quantitative estimate of drug-likeness (QED) is 0.559. The second-order valence-electron chi connectivity index (χ2n) is 7.76. The molecule has 0 aliphatic carbocycles. The van der Waals surface area contributed by atoms with Gasteiger partial charge in [-0.2, -0.15) is 4.31 Å². The first-order chi connectivity index (χ1) is 15.0. The second kappa shape index (κ2) is 8.52. The van der Waals surface area contributed by atoms with Crippen molar-refractivity contribution in [3.05, 3.63) is 48.0 Å². The highest BCUT2D eigenvalue weighted by atomic mass is 32.2. The zero-order chi connectivity index (χ0) is 23.1. The summed E-state index contributed by atoms with van der Waals surface area (Å²) in [6.07, 6.45) is 1.67. The molecule has 32 heavy (non-hydrogen) atoms. The first-order valence-electron chi connectivity index (χ1n) is 9.89. The molecule has 4 rings (SSSR count). The number of hydrogen-bond acceptors (Lipinski definition) is 7. The Labute approximate surface area is 190 Å². The van der Waals surface area contributed by atoms with Crippen LogP contribution in [0.25, 0.3) is 10.2 Å². The molecule has 1 saturated heterocycles. The lowest BCUT2D eigenvalue weighted by atomic mass is 10.0. The van der Waals surface area contributed by atoms with Crippen molar-refractivity contribution < 1.29 is 21.6 Å². The van der Waals surface area contributed by atoms with E-state index in [1.54, 1.807) is 0 Å². The van der Waals surface area contributed by atoms with E-state index < -0.39 is 26.0 Å². The summed E-state index contributed by atoms with van der Waals surface area (Å²) in [7, 11) is -7.43. The fourth-order valence-electron chi connectivity index (χ4n) is 3.46. The Kier molecular flexibility index (Phi) is 6.07. The van der Waals surface area contributed by atoms with Crippen molar-refractivity contribution in [2.75, 3.05) is 18.4 Å². The molecule has 1 amide bonds. The van der Waals surface area contributed by atoms with Crippen LogP contribution in [0.15, 0.2) is 52.3 Å². The Morgan fingerprint density at radius 3 is 2.31 bits per heavy atom. The number of amides is 1. The van der Waals surface area contributed by atoms with Gasteiger partial charge in [0.05, 0.1) is 20.0 Å². The lowest BCUT2D eigenvalue weighted by Gasteiger charge is -2.29. The third-order valence-electron chi connectivity index (χ3n) is 5.41. The summed E-state index contributed by atoms with van der Waals surface area (Å²) in [6.45, 7) is 3.11. The molecule has 0 radical (unpaired) electrons. The Morgan fingerprint density at radius 1 is 1.06 bits per heavy atom. The van der Waals surface area contributed by atoms with Gasteiger partial charge in [0.15, 0.2) is 5.13 Å². The Morgan fingerprint density at radius 2 is 1.69 bits per heavy atom. The van der Waals surface area contributed by atoms with Crippen molar-refractivity contribution in [3.8, 4) is 0 Å². The molecular weight excluding hydrogens is 472 g/mol. The first-order valence-corrected chi connectivity index (χ1v) is 13.7. The molecule has 0 saturated carbocycles. The third-order valence-corrected chi connectivity index (χ3v) is 9.16. The number of aromatic nitrogens is 1. The number of hydrogen-bond donors (Lipinski definition) is 2. The van der Waals surface area contributed by atoms with Crippen molar-refractivity contribution >= 4 is 52.6 Å². The SMILES string of the molecule is CC1CCN(S(=O)(=O)c2ccc(C(=O)Nc3nc4ccc(S(N)(=O)=O)cc4s3)cc2)CC1. The first kappa shape index (κ1) is 22.8. The molecule has 1 aromatic heterocycles. The third kappa shape index (κ3) is 4.69. The van der Waals surface area contributed by atoms with E-state index in [0.717, 1.165) is 24.2 Å². The largest absolute Gasteiger partial charge is 0.298 e.